The Morgan fingerprint density at radius 1 is 1.10 bits per heavy atom. The molecule has 0 saturated heterocycles. The Labute approximate surface area is 182 Å². The lowest BCUT2D eigenvalue weighted by Gasteiger charge is -2.24. The molecule has 0 unspecified atom stereocenters. The van der Waals surface area contributed by atoms with Crippen LogP contribution in [0.4, 0.5) is 0 Å². The Morgan fingerprint density at radius 2 is 1.81 bits per heavy atom. The van der Waals surface area contributed by atoms with Crippen LogP contribution in [-0.2, 0) is 4.79 Å². The fourth-order valence-electron chi connectivity index (χ4n) is 3.12. The number of carbonyl (C=O) groups excluding carboxylic acids is 1. The average molecular weight is 421 g/mol. The van der Waals surface area contributed by atoms with E-state index in [0.717, 1.165) is 16.8 Å². The second-order valence-corrected chi connectivity index (χ2v) is 6.96. The van der Waals surface area contributed by atoms with E-state index in [0.29, 0.717) is 24.7 Å². The predicted molar refractivity (Wildman–Crippen MR) is 120 cm³/mol. The highest BCUT2D eigenvalue weighted by molar-refractivity contribution is 5.92. The lowest BCUT2D eigenvalue weighted by Crippen LogP contribution is -2.27. The number of rotatable bonds is 9. The van der Waals surface area contributed by atoms with Gasteiger partial charge in [-0.25, -0.2) is 9.67 Å². The molecule has 31 heavy (non-hydrogen) atoms. The summed E-state index contributed by atoms with van der Waals surface area (Å²) in [4.78, 5) is 18.4. The van der Waals surface area contributed by atoms with Crippen molar-refractivity contribution >= 4 is 12.0 Å². The van der Waals surface area contributed by atoms with Crippen LogP contribution in [0.15, 0.2) is 61.2 Å². The van der Waals surface area contributed by atoms with Gasteiger partial charge in [0.2, 0.25) is 5.91 Å². The maximum atomic E-state index is 12.7. The van der Waals surface area contributed by atoms with E-state index in [2.05, 4.69) is 10.1 Å². The number of ether oxygens (including phenoxy) is 2. The van der Waals surface area contributed by atoms with Crippen LogP contribution < -0.4 is 9.47 Å². The zero-order valence-electron chi connectivity index (χ0n) is 18.4. The first kappa shape index (κ1) is 22.1. The van der Waals surface area contributed by atoms with Crippen LogP contribution >= 0.6 is 0 Å². The minimum Gasteiger partial charge on any atom is -0.490 e. The SMILES string of the molecule is CCOc1ccc(/C=C/C(=O)N(C)[C@@H](C)c2ccc(-n3cncn3)cc2)cc1OCC. The molecule has 0 aliphatic carbocycles. The van der Waals surface area contributed by atoms with Gasteiger partial charge in [-0.2, -0.15) is 5.10 Å². The Kier molecular flexibility index (Phi) is 7.43. The number of nitrogens with zero attached hydrogens (tertiary/aromatic N) is 4. The number of aromatic nitrogens is 3. The van der Waals surface area contributed by atoms with Gasteiger partial charge in [0.25, 0.3) is 0 Å². The van der Waals surface area contributed by atoms with Crippen molar-refractivity contribution in [3.8, 4) is 17.2 Å². The van der Waals surface area contributed by atoms with Gasteiger partial charge in [0.05, 0.1) is 24.9 Å². The minimum absolute atomic E-state index is 0.0822. The van der Waals surface area contributed by atoms with Crippen LogP contribution in [0.3, 0.4) is 0 Å². The van der Waals surface area contributed by atoms with E-state index in [9.17, 15) is 4.79 Å². The van der Waals surface area contributed by atoms with E-state index >= 15 is 0 Å². The fraction of sp³-hybridized carbons (Fsp3) is 0.292. The summed E-state index contributed by atoms with van der Waals surface area (Å²) in [6.07, 6.45) is 6.51. The maximum absolute atomic E-state index is 12.7. The summed E-state index contributed by atoms with van der Waals surface area (Å²) < 4.78 is 12.9. The van der Waals surface area contributed by atoms with Gasteiger partial charge in [-0.05, 0) is 62.2 Å². The third-order valence-corrected chi connectivity index (χ3v) is 4.97. The first-order valence-corrected chi connectivity index (χ1v) is 10.3. The zero-order valence-corrected chi connectivity index (χ0v) is 18.4. The summed E-state index contributed by atoms with van der Waals surface area (Å²) in [5.74, 6) is 1.29. The Morgan fingerprint density at radius 3 is 2.45 bits per heavy atom. The number of carbonyl (C=O) groups is 1. The number of hydrogen-bond acceptors (Lipinski definition) is 5. The number of amides is 1. The highest BCUT2D eigenvalue weighted by atomic mass is 16.5. The van der Waals surface area contributed by atoms with Crippen molar-refractivity contribution in [3.05, 3.63) is 72.3 Å². The largest absolute Gasteiger partial charge is 0.490 e. The molecule has 0 aliphatic heterocycles. The average Bonchev–Trinajstić information content (AvgIpc) is 3.33. The third kappa shape index (κ3) is 5.51. The first-order valence-electron chi connectivity index (χ1n) is 10.3. The van der Waals surface area contributed by atoms with Crippen LogP contribution in [-0.4, -0.2) is 45.8 Å². The molecule has 0 spiro atoms. The van der Waals surface area contributed by atoms with Crippen molar-refractivity contribution in [1.29, 1.82) is 0 Å². The number of hydrogen-bond donors (Lipinski definition) is 0. The maximum Gasteiger partial charge on any atom is 0.246 e. The predicted octanol–water partition coefficient (Wildman–Crippen LogP) is 4.30. The molecule has 0 radical (unpaired) electrons. The van der Waals surface area contributed by atoms with Gasteiger partial charge in [0.15, 0.2) is 11.5 Å². The second-order valence-electron chi connectivity index (χ2n) is 6.96. The monoisotopic (exact) mass is 420 g/mol. The molecule has 0 bridgehead atoms. The Bertz CT molecular complexity index is 1010. The fourth-order valence-corrected chi connectivity index (χ4v) is 3.12. The van der Waals surface area contributed by atoms with E-state index in [1.807, 2.05) is 63.2 Å². The van der Waals surface area contributed by atoms with Crippen molar-refractivity contribution in [1.82, 2.24) is 19.7 Å². The lowest BCUT2D eigenvalue weighted by atomic mass is 10.1. The number of likely N-dealkylation sites (N-methyl/N-ethyl adjacent to an activating group) is 1. The molecule has 2 aromatic carbocycles. The summed E-state index contributed by atoms with van der Waals surface area (Å²) in [5.41, 5.74) is 2.83. The molecule has 0 saturated carbocycles. The minimum atomic E-state index is -0.0836. The molecule has 3 aromatic rings. The number of benzene rings is 2. The van der Waals surface area contributed by atoms with Crippen molar-refractivity contribution in [2.24, 2.45) is 0 Å². The normalized spacial score (nSPS) is 12.0. The van der Waals surface area contributed by atoms with Crippen LogP contribution in [0.25, 0.3) is 11.8 Å². The molecule has 162 valence electrons. The molecule has 3 rings (SSSR count). The van der Waals surface area contributed by atoms with E-state index in [4.69, 9.17) is 9.47 Å². The second kappa shape index (κ2) is 10.4. The smallest absolute Gasteiger partial charge is 0.246 e. The van der Waals surface area contributed by atoms with Gasteiger partial charge >= 0.3 is 0 Å². The Hall–Kier alpha value is -3.61. The van der Waals surface area contributed by atoms with Crippen molar-refractivity contribution in [2.45, 2.75) is 26.8 Å². The third-order valence-electron chi connectivity index (χ3n) is 4.97. The highest BCUT2D eigenvalue weighted by Crippen LogP contribution is 2.29. The molecule has 0 aliphatic rings. The van der Waals surface area contributed by atoms with Crippen molar-refractivity contribution < 1.29 is 14.3 Å². The molecule has 1 amide bonds. The molecule has 1 atom stereocenters. The molecule has 1 heterocycles. The Balaban J connectivity index is 1.68. The lowest BCUT2D eigenvalue weighted by molar-refractivity contribution is -0.126. The molecular formula is C24H28N4O3. The van der Waals surface area contributed by atoms with Crippen LogP contribution in [0.2, 0.25) is 0 Å². The van der Waals surface area contributed by atoms with E-state index < -0.39 is 0 Å². The summed E-state index contributed by atoms with van der Waals surface area (Å²) in [7, 11) is 1.80. The van der Waals surface area contributed by atoms with E-state index in [-0.39, 0.29) is 11.9 Å². The van der Waals surface area contributed by atoms with Crippen LogP contribution in [0.5, 0.6) is 11.5 Å². The van der Waals surface area contributed by atoms with Crippen molar-refractivity contribution in [3.63, 3.8) is 0 Å². The van der Waals surface area contributed by atoms with E-state index in [1.54, 1.807) is 35.1 Å². The van der Waals surface area contributed by atoms with E-state index in [1.165, 1.54) is 6.33 Å². The molecule has 1 aromatic heterocycles. The van der Waals surface area contributed by atoms with Gasteiger partial charge in [0, 0.05) is 13.1 Å². The van der Waals surface area contributed by atoms with Gasteiger partial charge in [-0.1, -0.05) is 18.2 Å². The quantitative estimate of drug-likeness (QED) is 0.483. The zero-order chi connectivity index (χ0) is 22.2. The molecule has 0 fully saturated rings. The summed E-state index contributed by atoms with van der Waals surface area (Å²) >= 11 is 0. The van der Waals surface area contributed by atoms with Crippen LogP contribution in [0.1, 0.15) is 37.9 Å². The van der Waals surface area contributed by atoms with Crippen LogP contribution in [0, 0.1) is 0 Å². The van der Waals surface area contributed by atoms with Gasteiger partial charge in [-0.3, -0.25) is 4.79 Å². The standard InChI is InChI=1S/C24H28N4O3/c1-5-30-22-13-7-19(15-23(22)31-6-2)8-14-24(29)27(4)18(3)20-9-11-21(12-10-20)28-17-25-16-26-28/h7-18H,5-6H2,1-4H3/b14-8+/t18-/m0/s1. The van der Waals surface area contributed by atoms with Crippen molar-refractivity contribution in [2.75, 3.05) is 20.3 Å². The summed E-state index contributed by atoms with van der Waals surface area (Å²) in [6, 6.07) is 13.5. The van der Waals surface area contributed by atoms with Gasteiger partial charge < -0.3 is 14.4 Å². The highest BCUT2D eigenvalue weighted by Gasteiger charge is 2.15. The molecule has 7 nitrogen and oxygen atoms in total. The molecular weight excluding hydrogens is 392 g/mol. The summed E-state index contributed by atoms with van der Waals surface area (Å²) in [6.45, 7) is 6.97. The van der Waals surface area contributed by atoms with Gasteiger partial charge in [-0.15, -0.1) is 0 Å². The van der Waals surface area contributed by atoms with Gasteiger partial charge in [0.1, 0.15) is 12.7 Å². The molecule has 7 heteroatoms. The first-order chi connectivity index (χ1) is 15.0. The summed E-state index contributed by atoms with van der Waals surface area (Å²) in [5, 5.41) is 4.13. The molecule has 0 N–H and O–H groups in total. The topological polar surface area (TPSA) is 69.5 Å².